The summed E-state index contributed by atoms with van der Waals surface area (Å²) in [6.45, 7) is 3.59. The summed E-state index contributed by atoms with van der Waals surface area (Å²) >= 11 is 0. The smallest absolute Gasteiger partial charge is 0.242 e. The van der Waals surface area contributed by atoms with Crippen molar-refractivity contribution in [3.63, 3.8) is 0 Å². The molecule has 1 aliphatic carbocycles. The van der Waals surface area contributed by atoms with Crippen molar-refractivity contribution in [2.45, 2.75) is 37.6 Å². The Hall–Kier alpha value is -0.650. The summed E-state index contributed by atoms with van der Waals surface area (Å²) in [6.07, 6.45) is 4.88. The molecule has 1 saturated carbocycles. The van der Waals surface area contributed by atoms with Gasteiger partial charge in [-0.3, -0.25) is 4.79 Å². The third kappa shape index (κ3) is 3.68. The van der Waals surface area contributed by atoms with Gasteiger partial charge >= 0.3 is 0 Å². The maximum Gasteiger partial charge on any atom is 0.242 e. The van der Waals surface area contributed by atoms with Crippen LogP contribution in [0.25, 0.3) is 0 Å². The van der Waals surface area contributed by atoms with Gasteiger partial charge in [0.05, 0.1) is 25.4 Å². The number of hydrogen-bond donors (Lipinski definition) is 1. The molecule has 5 heteroatoms. The van der Waals surface area contributed by atoms with Crippen LogP contribution in [0.15, 0.2) is 0 Å². The van der Waals surface area contributed by atoms with Gasteiger partial charge in [0.2, 0.25) is 5.91 Å². The summed E-state index contributed by atoms with van der Waals surface area (Å²) in [6, 6.07) is 0. The van der Waals surface area contributed by atoms with E-state index in [0.717, 1.165) is 45.2 Å². The number of likely N-dealkylation sites (tertiary alicyclic amines) is 1. The van der Waals surface area contributed by atoms with E-state index in [2.05, 4.69) is 0 Å². The Morgan fingerprint density at radius 1 is 1.37 bits per heavy atom. The van der Waals surface area contributed by atoms with E-state index in [1.807, 2.05) is 4.90 Å². The Labute approximate surface area is 115 Å². The van der Waals surface area contributed by atoms with Crippen molar-refractivity contribution in [1.29, 1.82) is 0 Å². The molecule has 0 bridgehead atoms. The Morgan fingerprint density at radius 3 is 2.79 bits per heavy atom. The molecule has 110 valence electrons. The number of carbonyl (C=O) groups excluding carboxylic acids is 1. The van der Waals surface area contributed by atoms with Gasteiger partial charge in [-0.15, -0.1) is 0 Å². The number of hydrogen-bond acceptors (Lipinski definition) is 4. The fraction of sp³-hybridized carbons (Fsp3) is 0.929. The summed E-state index contributed by atoms with van der Waals surface area (Å²) in [5.41, 5.74) is 5.65. The van der Waals surface area contributed by atoms with Crippen molar-refractivity contribution in [3.8, 4) is 0 Å². The van der Waals surface area contributed by atoms with Crippen molar-refractivity contribution in [2.24, 2.45) is 11.7 Å². The van der Waals surface area contributed by atoms with E-state index >= 15 is 0 Å². The number of ether oxygens (including phenoxy) is 2. The summed E-state index contributed by atoms with van der Waals surface area (Å²) in [7, 11) is 1.67. The second-order valence-electron chi connectivity index (χ2n) is 5.84. The van der Waals surface area contributed by atoms with E-state index in [4.69, 9.17) is 15.2 Å². The minimum atomic E-state index is -0.578. The van der Waals surface area contributed by atoms with E-state index in [-0.39, 0.29) is 5.91 Å². The summed E-state index contributed by atoms with van der Waals surface area (Å²) in [5, 5.41) is 0. The van der Waals surface area contributed by atoms with Crippen LogP contribution in [0, 0.1) is 5.92 Å². The van der Waals surface area contributed by atoms with Gasteiger partial charge in [0.25, 0.3) is 0 Å². The van der Waals surface area contributed by atoms with Crippen molar-refractivity contribution >= 4 is 5.91 Å². The zero-order valence-electron chi connectivity index (χ0n) is 11.9. The van der Waals surface area contributed by atoms with Crippen molar-refractivity contribution in [1.82, 2.24) is 4.90 Å². The molecule has 0 aromatic rings. The zero-order chi connectivity index (χ0) is 13.7. The first-order chi connectivity index (χ1) is 9.15. The van der Waals surface area contributed by atoms with Gasteiger partial charge in [-0.25, -0.2) is 0 Å². The summed E-state index contributed by atoms with van der Waals surface area (Å²) < 4.78 is 10.5. The monoisotopic (exact) mass is 270 g/mol. The second-order valence-corrected chi connectivity index (χ2v) is 5.84. The number of amides is 1. The predicted octanol–water partition coefficient (Wildman–Crippen LogP) is 0.769. The molecule has 1 atom stereocenters. The second kappa shape index (κ2) is 6.68. The highest BCUT2D eigenvalue weighted by Gasteiger charge is 2.41. The fourth-order valence-electron chi connectivity index (χ4n) is 3.08. The first kappa shape index (κ1) is 14.8. The maximum atomic E-state index is 12.4. The molecular formula is C14H26N2O3. The molecule has 0 aromatic carbocycles. The third-order valence-electron chi connectivity index (χ3n) is 4.28. The van der Waals surface area contributed by atoms with Gasteiger partial charge in [-0.1, -0.05) is 12.8 Å². The largest absolute Gasteiger partial charge is 0.382 e. The Morgan fingerprint density at radius 2 is 2.11 bits per heavy atom. The lowest BCUT2D eigenvalue weighted by Gasteiger charge is -2.28. The average molecular weight is 270 g/mol. The van der Waals surface area contributed by atoms with Gasteiger partial charge in [-0.05, 0) is 19.3 Å². The van der Waals surface area contributed by atoms with Crippen LogP contribution in [0.2, 0.25) is 0 Å². The normalized spacial score (nSPS) is 26.0. The molecule has 1 aliphatic heterocycles. The summed E-state index contributed by atoms with van der Waals surface area (Å²) in [4.78, 5) is 14.4. The Balaban J connectivity index is 1.73. The lowest BCUT2D eigenvalue weighted by Crippen LogP contribution is -2.53. The lowest BCUT2D eigenvalue weighted by atomic mass is 9.97. The van der Waals surface area contributed by atoms with Crippen LogP contribution in [0.4, 0.5) is 0 Å². The van der Waals surface area contributed by atoms with E-state index in [0.29, 0.717) is 25.7 Å². The first-order valence-electron chi connectivity index (χ1n) is 7.30. The van der Waals surface area contributed by atoms with Crippen LogP contribution in [0.1, 0.15) is 32.1 Å². The van der Waals surface area contributed by atoms with Crippen LogP contribution in [0.5, 0.6) is 0 Å². The number of methoxy groups -OCH3 is 1. The van der Waals surface area contributed by atoms with Gasteiger partial charge in [0.15, 0.2) is 0 Å². The molecule has 0 aromatic heterocycles. The quantitative estimate of drug-likeness (QED) is 0.724. The molecule has 2 aliphatic rings. The maximum absolute atomic E-state index is 12.4. The number of nitrogens with zero attached hydrogens (tertiary/aromatic N) is 1. The van der Waals surface area contributed by atoms with Crippen LogP contribution in [-0.4, -0.2) is 56.4 Å². The molecule has 1 saturated heterocycles. The number of carbonyl (C=O) groups is 1. The Kier molecular flexibility index (Phi) is 5.19. The molecule has 2 rings (SSSR count). The minimum absolute atomic E-state index is 0.157. The van der Waals surface area contributed by atoms with Gasteiger partial charge in [0, 0.05) is 26.1 Å². The van der Waals surface area contributed by atoms with Crippen molar-refractivity contribution in [3.05, 3.63) is 0 Å². The van der Waals surface area contributed by atoms with E-state index in [1.54, 1.807) is 7.11 Å². The molecule has 1 heterocycles. The first-order valence-corrected chi connectivity index (χ1v) is 7.30. The van der Waals surface area contributed by atoms with Crippen molar-refractivity contribution in [2.75, 3.05) is 40.0 Å². The lowest BCUT2D eigenvalue weighted by molar-refractivity contribution is -0.135. The molecule has 1 amide bonds. The van der Waals surface area contributed by atoms with E-state index < -0.39 is 5.54 Å². The minimum Gasteiger partial charge on any atom is -0.382 e. The molecule has 2 N–H and O–H groups in total. The molecule has 5 nitrogen and oxygen atoms in total. The molecule has 0 radical (unpaired) electrons. The number of nitrogens with two attached hydrogens (primary N) is 1. The predicted molar refractivity (Wildman–Crippen MR) is 72.8 cm³/mol. The summed E-state index contributed by atoms with van der Waals surface area (Å²) in [5.74, 6) is 0.607. The zero-order valence-corrected chi connectivity index (χ0v) is 11.9. The number of rotatable bonds is 6. The highest BCUT2D eigenvalue weighted by atomic mass is 16.5. The highest BCUT2D eigenvalue weighted by molar-refractivity contribution is 5.86. The topological polar surface area (TPSA) is 64.8 Å². The molecule has 0 spiro atoms. The van der Waals surface area contributed by atoms with Crippen LogP contribution in [0.3, 0.4) is 0 Å². The van der Waals surface area contributed by atoms with Crippen molar-refractivity contribution < 1.29 is 14.3 Å². The van der Waals surface area contributed by atoms with Gasteiger partial charge < -0.3 is 20.1 Å². The molecule has 2 fully saturated rings. The molecular weight excluding hydrogens is 244 g/mol. The average Bonchev–Trinajstić information content (AvgIpc) is 3.04. The van der Waals surface area contributed by atoms with Crippen LogP contribution < -0.4 is 5.73 Å². The van der Waals surface area contributed by atoms with Crippen LogP contribution >= 0.6 is 0 Å². The standard InChI is InChI=1S/C14H26N2O3/c1-18-8-9-19-11-12-4-7-16(10-12)13(17)14(15)5-2-3-6-14/h12H,2-11,15H2,1H3. The van der Waals surface area contributed by atoms with Crippen LogP contribution in [-0.2, 0) is 14.3 Å². The third-order valence-corrected chi connectivity index (χ3v) is 4.28. The fourth-order valence-corrected chi connectivity index (χ4v) is 3.08. The van der Waals surface area contributed by atoms with Gasteiger partial charge in [-0.2, -0.15) is 0 Å². The van der Waals surface area contributed by atoms with E-state index in [1.165, 1.54) is 0 Å². The van der Waals surface area contributed by atoms with E-state index in [9.17, 15) is 4.79 Å². The molecule has 1 unspecified atom stereocenters. The molecule has 19 heavy (non-hydrogen) atoms. The Bertz CT molecular complexity index is 303. The van der Waals surface area contributed by atoms with Gasteiger partial charge in [0.1, 0.15) is 0 Å². The SMILES string of the molecule is COCCOCC1CCN(C(=O)C2(N)CCCC2)C1. The highest BCUT2D eigenvalue weighted by Crippen LogP contribution is 2.30.